The van der Waals surface area contributed by atoms with Gasteiger partial charge in [-0.2, -0.15) is 9.40 Å². The van der Waals surface area contributed by atoms with Crippen LogP contribution in [0.1, 0.15) is 56.6 Å². The number of aryl methyl sites for hydroxylation is 1. The van der Waals surface area contributed by atoms with Gasteiger partial charge in [-0.1, -0.05) is 19.3 Å². The Bertz CT molecular complexity index is 1440. The van der Waals surface area contributed by atoms with E-state index in [-0.39, 0.29) is 59.7 Å². The van der Waals surface area contributed by atoms with Crippen LogP contribution < -0.4 is 10.3 Å². The monoisotopic (exact) mass is 499 g/mol. The van der Waals surface area contributed by atoms with Gasteiger partial charge in [0.15, 0.2) is 5.65 Å². The van der Waals surface area contributed by atoms with Crippen LogP contribution in [-0.2, 0) is 21.9 Å². The molecule has 2 aliphatic rings. The van der Waals surface area contributed by atoms with Crippen molar-refractivity contribution in [1.29, 1.82) is 0 Å². The number of carbonyl (C=O) groups excluding carboxylic acids is 1. The Labute approximate surface area is 203 Å². The van der Waals surface area contributed by atoms with Crippen LogP contribution in [0.2, 0.25) is 0 Å². The molecule has 0 atom stereocenters. The fourth-order valence-corrected chi connectivity index (χ4v) is 6.58. The predicted octanol–water partition coefficient (Wildman–Crippen LogP) is 2.73. The van der Waals surface area contributed by atoms with Crippen molar-refractivity contribution < 1.29 is 17.9 Å². The van der Waals surface area contributed by atoms with E-state index in [2.05, 4.69) is 15.1 Å². The second kappa shape index (κ2) is 9.19. The number of nitrogens with one attached hydrogen (secondary N) is 1. The predicted molar refractivity (Wildman–Crippen MR) is 130 cm³/mol. The summed E-state index contributed by atoms with van der Waals surface area (Å²) in [5, 5.41) is 5.16. The maximum Gasteiger partial charge on any atom is 0.262 e. The van der Waals surface area contributed by atoms with E-state index < -0.39 is 10.0 Å². The van der Waals surface area contributed by atoms with Crippen molar-refractivity contribution in [2.75, 3.05) is 20.2 Å². The lowest BCUT2D eigenvalue weighted by molar-refractivity contribution is -0.120. The Morgan fingerprint density at radius 2 is 1.80 bits per heavy atom. The molecular formula is C24H29N5O5S. The smallest absolute Gasteiger partial charge is 0.262 e. The maximum absolute atomic E-state index is 13.2. The fraction of sp³-hybridized carbons (Fsp3) is 0.500. The number of rotatable bonds is 5. The third-order valence-corrected chi connectivity index (χ3v) is 8.95. The van der Waals surface area contributed by atoms with Crippen LogP contribution in [0.25, 0.3) is 22.4 Å². The van der Waals surface area contributed by atoms with Gasteiger partial charge in [0.2, 0.25) is 10.0 Å². The van der Waals surface area contributed by atoms with Crippen molar-refractivity contribution in [3.63, 3.8) is 0 Å². The summed E-state index contributed by atoms with van der Waals surface area (Å²) in [6, 6.07) is 4.50. The summed E-state index contributed by atoms with van der Waals surface area (Å²) < 4.78 is 34.7. The number of ether oxygens (including phenoxy) is 1. The normalized spacial score (nSPS) is 18.3. The van der Waals surface area contributed by atoms with Crippen molar-refractivity contribution >= 4 is 26.8 Å². The van der Waals surface area contributed by atoms with Gasteiger partial charge in [-0.05, 0) is 25.0 Å². The van der Waals surface area contributed by atoms with E-state index in [4.69, 9.17) is 4.74 Å². The third-order valence-electron chi connectivity index (χ3n) is 7.06. The molecule has 5 rings (SSSR count). The van der Waals surface area contributed by atoms with Gasteiger partial charge in [0.1, 0.15) is 22.7 Å². The van der Waals surface area contributed by atoms with Crippen LogP contribution in [0.3, 0.4) is 0 Å². The summed E-state index contributed by atoms with van der Waals surface area (Å²) in [6.07, 6.45) is 5.94. The Balaban J connectivity index is 1.54. The van der Waals surface area contributed by atoms with Crippen LogP contribution in [-0.4, -0.2) is 58.5 Å². The van der Waals surface area contributed by atoms with Crippen LogP contribution in [0.4, 0.5) is 0 Å². The molecule has 1 aliphatic heterocycles. The molecule has 1 aromatic carbocycles. The minimum atomic E-state index is -3.78. The summed E-state index contributed by atoms with van der Waals surface area (Å²) in [4.78, 5) is 32.3. The average molecular weight is 500 g/mol. The van der Waals surface area contributed by atoms with E-state index in [0.29, 0.717) is 16.6 Å². The molecule has 0 amide bonds. The van der Waals surface area contributed by atoms with E-state index in [1.54, 1.807) is 17.8 Å². The van der Waals surface area contributed by atoms with Gasteiger partial charge in [-0.3, -0.25) is 9.59 Å². The molecule has 2 aromatic heterocycles. The number of hydrogen-bond donors (Lipinski definition) is 1. The Hall–Kier alpha value is -3.05. The quantitative estimate of drug-likeness (QED) is 0.572. The van der Waals surface area contributed by atoms with Crippen molar-refractivity contribution in [2.24, 2.45) is 7.05 Å². The SMILES string of the molecule is COc1cc(S(=O)(=O)N2CCC(=O)CC2)ccc1-c1nc2c(c(C3CCCCC3)nn2C)c(=O)[nH]1. The van der Waals surface area contributed by atoms with Gasteiger partial charge in [0.05, 0.1) is 23.3 Å². The van der Waals surface area contributed by atoms with Gasteiger partial charge in [0, 0.05) is 45.0 Å². The largest absolute Gasteiger partial charge is 0.496 e. The number of piperidine rings is 1. The van der Waals surface area contributed by atoms with Crippen LogP contribution in [0, 0.1) is 0 Å². The first-order valence-electron chi connectivity index (χ1n) is 12.0. The summed E-state index contributed by atoms with van der Waals surface area (Å²) >= 11 is 0. The molecule has 0 unspecified atom stereocenters. The Morgan fingerprint density at radius 3 is 2.49 bits per heavy atom. The number of aromatic nitrogens is 4. The van der Waals surface area contributed by atoms with Gasteiger partial charge in [-0.15, -0.1) is 0 Å². The van der Waals surface area contributed by atoms with Crippen LogP contribution >= 0.6 is 0 Å². The first kappa shape index (κ1) is 23.7. The van der Waals surface area contributed by atoms with E-state index in [0.717, 1.165) is 31.4 Å². The number of Topliss-reactive ketones (excluding diaryl/α,β-unsaturated/α-hetero) is 1. The lowest BCUT2D eigenvalue weighted by atomic mass is 9.86. The zero-order chi connectivity index (χ0) is 24.7. The fourth-order valence-electron chi connectivity index (χ4n) is 5.13. The van der Waals surface area contributed by atoms with Gasteiger partial charge in [-0.25, -0.2) is 18.1 Å². The molecular weight excluding hydrogens is 470 g/mol. The molecule has 1 saturated heterocycles. The topological polar surface area (TPSA) is 127 Å². The second-order valence-corrected chi connectivity index (χ2v) is 11.2. The van der Waals surface area contributed by atoms with Crippen LogP contribution in [0.15, 0.2) is 27.9 Å². The summed E-state index contributed by atoms with van der Waals surface area (Å²) in [5.41, 5.74) is 1.49. The molecule has 186 valence electrons. The van der Waals surface area contributed by atoms with E-state index in [1.807, 2.05) is 0 Å². The first-order valence-corrected chi connectivity index (χ1v) is 13.4. The van der Waals surface area contributed by atoms with E-state index in [1.165, 1.54) is 30.0 Å². The number of H-pyrrole nitrogens is 1. The van der Waals surface area contributed by atoms with Crippen molar-refractivity contribution in [3.8, 4) is 17.1 Å². The zero-order valence-electron chi connectivity index (χ0n) is 19.9. The Morgan fingerprint density at radius 1 is 1.09 bits per heavy atom. The minimum absolute atomic E-state index is 0.0657. The van der Waals surface area contributed by atoms with Crippen molar-refractivity contribution in [1.82, 2.24) is 24.1 Å². The molecule has 1 aliphatic carbocycles. The molecule has 3 aromatic rings. The minimum Gasteiger partial charge on any atom is -0.496 e. The van der Waals surface area contributed by atoms with Crippen LogP contribution in [0.5, 0.6) is 5.75 Å². The molecule has 1 N–H and O–H groups in total. The highest BCUT2D eigenvalue weighted by atomic mass is 32.2. The number of hydrogen-bond acceptors (Lipinski definition) is 7. The lowest BCUT2D eigenvalue weighted by Crippen LogP contribution is -2.38. The van der Waals surface area contributed by atoms with Crippen molar-refractivity contribution in [3.05, 3.63) is 34.2 Å². The Kier molecular flexibility index (Phi) is 6.22. The molecule has 0 spiro atoms. The van der Waals surface area contributed by atoms with Gasteiger partial charge in [0.25, 0.3) is 5.56 Å². The van der Waals surface area contributed by atoms with Crippen molar-refractivity contribution in [2.45, 2.75) is 55.8 Å². The maximum atomic E-state index is 13.2. The summed E-state index contributed by atoms with van der Waals surface area (Å²) in [7, 11) is -0.561. The molecule has 2 fully saturated rings. The number of carbonyl (C=O) groups is 1. The number of benzene rings is 1. The van der Waals surface area contributed by atoms with Gasteiger partial charge >= 0.3 is 0 Å². The van der Waals surface area contributed by atoms with E-state index >= 15 is 0 Å². The average Bonchev–Trinajstić information content (AvgIpc) is 3.21. The number of aromatic amines is 1. The standard InChI is InChI=1S/C24H29N5O5S/c1-28-23-20(21(27-28)15-6-4-3-5-7-15)24(31)26-22(25-23)18-9-8-17(14-19(18)34-2)35(32,33)29-12-10-16(30)11-13-29/h8-9,14-15H,3-7,10-13H2,1-2H3,(H,25,26,31). The number of methoxy groups -OCH3 is 1. The second-order valence-electron chi connectivity index (χ2n) is 9.26. The number of ketones is 1. The van der Waals surface area contributed by atoms with Gasteiger partial charge < -0.3 is 9.72 Å². The number of nitrogens with zero attached hydrogens (tertiary/aromatic N) is 4. The molecule has 11 heteroatoms. The summed E-state index contributed by atoms with van der Waals surface area (Å²) in [6.45, 7) is 0.335. The molecule has 10 nitrogen and oxygen atoms in total. The zero-order valence-corrected chi connectivity index (χ0v) is 20.7. The highest BCUT2D eigenvalue weighted by molar-refractivity contribution is 7.89. The highest BCUT2D eigenvalue weighted by Crippen LogP contribution is 2.36. The number of sulfonamides is 1. The summed E-state index contributed by atoms with van der Waals surface area (Å²) in [5.74, 6) is 0.878. The molecule has 3 heterocycles. The highest BCUT2D eigenvalue weighted by Gasteiger charge is 2.30. The first-order chi connectivity index (χ1) is 16.8. The third kappa shape index (κ3) is 4.27. The molecule has 0 bridgehead atoms. The van der Waals surface area contributed by atoms with E-state index in [9.17, 15) is 18.0 Å². The molecule has 1 saturated carbocycles. The lowest BCUT2D eigenvalue weighted by Gasteiger charge is -2.25. The number of fused-ring (bicyclic) bond motifs is 1. The molecule has 0 radical (unpaired) electrons. The molecule has 35 heavy (non-hydrogen) atoms.